The number of aliphatic imine (C=N–C) groups is 1. The van der Waals surface area contributed by atoms with Crippen LogP contribution in [0, 0.1) is 6.92 Å². The molecule has 25 heavy (non-hydrogen) atoms. The summed E-state index contributed by atoms with van der Waals surface area (Å²) in [7, 11) is 0. The van der Waals surface area contributed by atoms with Gasteiger partial charge >= 0.3 is 0 Å². The summed E-state index contributed by atoms with van der Waals surface area (Å²) in [6, 6.07) is 16.6. The molecule has 0 bridgehead atoms. The molecule has 1 aliphatic heterocycles. The molecule has 3 N–H and O–H groups in total. The second-order valence-corrected chi connectivity index (χ2v) is 6.40. The quantitative estimate of drug-likeness (QED) is 0.650. The van der Waals surface area contributed by atoms with Crippen LogP contribution in [-0.4, -0.2) is 37.2 Å². The smallest absolute Gasteiger partial charge is 0.193 e. The van der Waals surface area contributed by atoms with Crippen molar-refractivity contribution in [2.45, 2.75) is 20.0 Å². The maximum Gasteiger partial charge on any atom is 0.193 e. The normalized spacial score (nSPS) is 16.0. The van der Waals surface area contributed by atoms with E-state index in [1.54, 1.807) is 0 Å². The lowest BCUT2D eigenvalue weighted by Crippen LogP contribution is -2.35. The van der Waals surface area contributed by atoms with Crippen molar-refractivity contribution in [1.82, 2.24) is 4.90 Å². The second-order valence-electron chi connectivity index (χ2n) is 6.40. The van der Waals surface area contributed by atoms with Crippen molar-refractivity contribution in [1.29, 1.82) is 0 Å². The molecule has 0 unspecified atom stereocenters. The van der Waals surface area contributed by atoms with E-state index in [1.165, 1.54) is 16.7 Å². The van der Waals surface area contributed by atoms with Crippen molar-refractivity contribution in [2.24, 2.45) is 10.7 Å². The van der Waals surface area contributed by atoms with Crippen LogP contribution in [0.5, 0.6) is 0 Å². The van der Waals surface area contributed by atoms with Gasteiger partial charge in [-0.3, -0.25) is 4.90 Å². The van der Waals surface area contributed by atoms with Crippen molar-refractivity contribution in [3.8, 4) is 0 Å². The number of benzene rings is 2. The molecule has 0 aromatic heterocycles. The standard InChI is InChI=1S/C20H26N4O/c1-16-4-2-7-19(12-16)23-20(21)22-14-17-5-3-6-18(13-17)15-24-8-10-25-11-9-24/h2-7,12-13H,8-11,14-15H2,1H3,(H3,21,22,23). The first kappa shape index (κ1) is 17.5. The SMILES string of the molecule is Cc1cccc(NC(N)=NCc2cccc(CN3CCOCC3)c2)c1. The number of hydrogen-bond acceptors (Lipinski definition) is 3. The lowest BCUT2D eigenvalue weighted by molar-refractivity contribution is 0.0342. The Bertz CT molecular complexity index is 723. The van der Waals surface area contributed by atoms with Crippen LogP contribution in [0.4, 0.5) is 5.69 Å². The third-order valence-corrected chi connectivity index (χ3v) is 4.22. The summed E-state index contributed by atoms with van der Waals surface area (Å²) in [5.41, 5.74) is 10.6. The topological polar surface area (TPSA) is 62.9 Å². The van der Waals surface area contributed by atoms with Gasteiger partial charge in [0, 0.05) is 25.3 Å². The molecule has 1 aliphatic rings. The van der Waals surface area contributed by atoms with E-state index in [1.807, 2.05) is 18.2 Å². The molecular formula is C20H26N4O. The molecule has 2 aromatic rings. The fourth-order valence-corrected chi connectivity index (χ4v) is 2.93. The van der Waals surface area contributed by atoms with Gasteiger partial charge in [-0.05, 0) is 35.7 Å². The predicted octanol–water partition coefficient (Wildman–Crippen LogP) is 2.75. The summed E-state index contributed by atoms with van der Waals surface area (Å²) < 4.78 is 5.40. The minimum absolute atomic E-state index is 0.434. The van der Waals surface area contributed by atoms with Gasteiger partial charge in [-0.15, -0.1) is 0 Å². The summed E-state index contributed by atoms with van der Waals surface area (Å²) in [4.78, 5) is 6.87. The Morgan fingerprint density at radius 1 is 1.12 bits per heavy atom. The molecule has 1 fully saturated rings. The third-order valence-electron chi connectivity index (χ3n) is 4.22. The Kier molecular flexibility index (Phi) is 6.04. The summed E-state index contributed by atoms with van der Waals surface area (Å²) in [5.74, 6) is 0.434. The summed E-state index contributed by atoms with van der Waals surface area (Å²) >= 11 is 0. The summed E-state index contributed by atoms with van der Waals surface area (Å²) in [5, 5.41) is 3.14. The van der Waals surface area contributed by atoms with Gasteiger partial charge in [-0.25, -0.2) is 4.99 Å². The zero-order valence-electron chi connectivity index (χ0n) is 14.7. The first-order chi connectivity index (χ1) is 12.2. The Labute approximate surface area is 149 Å². The van der Waals surface area contributed by atoms with Crippen LogP contribution >= 0.6 is 0 Å². The highest BCUT2D eigenvalue weighted by Gasteiger charge is 2.10. The van der Waals surface area contributed by atoms with Crippen molar-refractivity contribution in [3.05, 3.63) is 65.2 Å². The van der Waals surface area contributed by atoms with Crippen LogP contribution in [0.2, 0.25) is 0 Å². The van der Waals surface area contributed by atoms with Crippen molar-refractivity contribution in [2.75, 3.05) is 31.6 Å². The lowest BCUT2D eigenvalue weighted by atomic mass is 10.1. The van der Waals surface area contributed by atoms with E-state index in [0.29, 0.717) is 12.5 Å². The van der Waals surface area contributed by atoms with Gasteiger partial charge in [0.2, 0.25) is 0 Å². The van der Waals surface area contributed by atoms with Gasteiger partial charge in [0.05, 0.1) is 19.8 Å². The minimum atomic E-state index is 0.434. The van der Waals surface area contributed by atoms with Crippen LogP contribution in [-0.2, 0) is 17.8 Å². The zero-order valence-corrected chi connectivity index (χ0v) is 14.7. The molecule has 0 atom stereocenters. The largest absolute Gasteiger partial charge is 0.379 e. The monoisotopic (exact) mass is 338 g/mol. The maximum atomic E-state index is 6.01. The second kappa shape index (κ2) is 8.65. The molecule has 132 valence electrons. The lowest BCUT2D eigenvalue weighted by Gasteiger charge is -2.26. The van der Waals surface area contributed by atoms with Gasteiger partial charge in [0.25, 0.3) is 0 Å². The van der Waals surface area contributed by atoms with Crippen LogP contribution < -0.4 is 11.1 Å². The van der Waals surface area contributed by atoms with E-state index in [4.69, 9.17) is 10.5 Å². The molecule has 2 aromatic carbocycles. The van der Waals surface area contributed by atoms with Crippen LogP contribution in [0.15, 0.2) is 53.5 Å². The van der Waals surface area contributed by atoms with Crippen LogP contribution in [0.1, 0.15) is 16.7 Å². The number of hydrogen-bond donors (Lipinski definition) is 2. The fourth-order valence-electron chi connectivity index (χ4n) is 2.93. The molecule has 3 rings (SSSR count). The number of morpholine rings is 1. The van der Waals surface area contributed by atoms with Crippen LogP contribution in [0.3, 0.4) is 0 Å². The van der Waals surface area contributed by atoms with E-state index in [0.717, 1.165) is 38.5 Å². The number of aryl methyl sites for hydroxylation is 1. The van der Waals surface area contributed by atoms with Crippen molar-refractivity contribution in [3.63, 3.8) is 0 Å². The molecule has 0 amide bonds. The molecular weight excluding hydrogens is 312 g/mol. The van der Waals surface area contributed by atoms with E-state index >= 15 is 0 Å². The molecule has 1 saturated heterocycles. The third kappa shape index (κ3) is 5.59. The van der Waals surface area contributed by atoms with Gasteiger partial charge in [-0.1, -0.05) is 36.4 Å². The fraction of sp³-hybridized carbons (Fsp3) is 0.350. The molecule has 5 heteroatoms. The predicted molar refractivity (Wildman–Crippen MR) is 103 cm³/mol. The van der Waals surface area contributed by atoms with E-state index < -0.39 is 0 Å². The molecule has 5 nitrogen and oxygen atoms in total. The highest BCUT2D eigenvalue weighted by molar-refractivity contribution is 5.92. The molecule has 0 aliphatic carbocycles. The summed E-state index contributed by atoms with van der Waals surface area (Å²) in [6.45, 7) is 7.22. The molecule has 0 saturated carbocycles. The maximum absolute atomic E-state index is 6.01. The van der Waals surface area contributed by atoms with E-state index in [9.17, 15) is 0 Å². The number of nitrogens with zero attached hydrogens (tertiary/aromatic N) is 2. The van der Waals surface area contributed by atoms with Gasteiger partial charge in [-0.2, -0.15) is 0 Å². The molecule has 1 heterocycles. The Morgan fingerprint density at radius 2 is 1.88 bits per heavy atom. The Balaban J connectivity index is 1.57. The highest BCUT2D eigenvalue weighted by Crippen LogP contribution is 2.12. The average molecular weight is 338 g/mol. The average Bonchev–Trinajstić information content (AvgIpc) is 2.61. The molecule has 0 spiro atoms. The Hall–Kier alpha value is -2.37. The van der Waals surface area contributed by atoms with Gasteiger partial charge in [0.15, 0.2) is 5.96 Å². The van der Waals surface area contributed by atoms with E-state index in [-0.39, 0.29) is 0 Å². The van der Waals surface area contributed by atoms with E-state index in [2.05, 4.69) is 52.5 Å². The van der Waals surface area contributed by atoms with Crippen molar-refractivity contribution >= 4 is 11.6 Å². The molecule has 0 radical (unpaired) electrons. The number of anilines is 1. The van der Waals surface area contributed by atoms with Crippen LogP contribution in [0.25, 0.3) is 0 Å². The van der Waals surface area contributed by atoms with Crippen molar-refractivity contribution < 1.29 is 4.74 Å². The number of nitrogens with one attached hydrogen (secondary N) is 1. The first-order valence-corrected chi connectivity index (χ1v) is 8.70. The number of guanidine groups is 1. The van der Waals surface area contributed by atoms with Gasteiger partial charge in [0.1, 0.15) is 0 Å². The van der Waals surface area contributed by atoms with Gasteiger partial charge < -0.3 is 15.8 Å². The highest BCUT2D eigenvalue weighted by atomic mass is 16.5. The Morgan fingerprint density at radius 3 is 2.68 bits per heavy atom. The minimum Gasteiger partial charge on any atom is -0.379 e. The summed E-state index contributed by atoms with van der Waals surface area (Å²) in [6.07, 6.45) is 0. The first-order valence-electron chi connectivity index (χ1n) is 8.70. The number of rotatable bonds is 5. The zero-order chi connectivity index (χ0) is 17.5. The number of ether oxygens (including phenoxy) is 1. The number of nitrogens with two attached hydrogens (primary N) is 1.